The maximum absolute atomic E-state index is 12.0. The van der Waals surface area contributed by atoms with Gasteiger partial charge in [-0.1, -0.05) is 58.4 Å². The van der Waals surface area contributed by atoms with Crippen LogP contribution < -0.4 is 5.73 Å². The summed E-state index contributed by atoms with van der Waals surface area (Å²) in [6.07, 6.45) is 7.66. The number of hydrogen-bond donors (Lipinski definition) is 1. The highest BCUT2D eigenvalue weighted by Gasteiger charge is 2.42. The van der Waals surface area contributed by atoms with E-state index in [0.717, 1.165) is 49.4 Å². The normalized spacial score (nSPS) is 13.2. The standard InChI is InChI=1S/C38H50BrNO5/c1-42-23-25-44-21-5-18-38(19-6-22-45-26-24-43-2)36-27-31(14-16-34(36)35-17-15-32(39)28-37(35)38)30-12-10-29(11-13-30)7-3-8-33(41)9-4-20-40/h10-17,27-28H,3-9,18-26,40H2,1-2H3. The van der Waals surface area contributed by atoms with Crippen LogP contribution in [0, 0.1) is 0 Å². The van der Waals surface area contributed by atoms with Gasteiger partial charge in [0.1, 0.15) is 5.78 Å². The largest absolute Gasteiger partial charge is 0.382 e. The molecule has 1 aliphatic carbocycles. The van der Waals surface area contributed by atoms with E-state index in [4.69, 9.17) is 24.7 Å². The van der Waals surface area contributed by atoms with Gasteiger partial charge in [0, 0.05) is 50.2 Å². The third kappa shape index (κ3) is 9.80. The quantitative estimate of drug-likeness (QED) is 0.109. The number of nitrogens with two attached hydrogens (primary N) is 1. The number of rotatable bonds is 22. The van der Waals surface area contributed by atoms with E-state index in [-0.39, 0.29) is 5.41 Å². The average molecular weight is 681 g/mol. The number of methoxy groups -OCH3 is 2. The van der Waals surface area contributed by atoms with Crippen LogP contribution in [0.15, 0.2) is 65.1 Å². The second-order valence-corrected chi connectivity index (χ2v) is 12.8. The number of carbonyl (C=O) groups is 1. The number of hydrogen-bond acceptors (Lipinski definition) is 6. The lowest BCUT2D eigenvalue weighted by Gasteiger charge is -2.33. The fourth-order valence-electron chi connectivity index (χ4n) is 6.53. The van der Waals surface area contributed by atoms with Gasteiger partial charge < -0.3 is 24.7 Å². The molecule has 0 saturated heterocycles. The lowest BCUT2D eigenvalue weighted by atomic mass is 9.71. The smallest absolute Gasteiger partial charge is 0.132 e. The summed E-state index contributed by atoms with van der Waals surface area (Å²) in [5, 5.41) is 0. The molecule has 0 amide bonds. The van der Waals surface area contributed by atoms with Gasteiger partial charge in [0.25, 0.3) is 0 Å². The Hall–Kier alpha value is -2.39. The SMILES string of the molecule is COCCOCCCC1(CCCOCCOC)c2cc(Br)ccc2-c2ccc(-c3ccc(CCCC(=O)CCCN)cc3)cc21. The van der Waals surface area contributed by atoms with Crippen molar-refractivity contribution in [1.82, 2.24) is 0 Å². The van der Waals surface area contributed by atoms with Crippen molar-refractivity contribution in [2.75, 3.05) is 60.4 Å². The van der Waals surface area contributed by atoms with Gasteiger partial charge in [-0.3, -0.25) is 4.79 Å². The summed E-state index contributed by atoms with van der Waals surface area (Å²) in [5.74, 6) is 0.315. The monoisotopic (exact) mass is 679 g/mol. The minimum atomic E-state index is -0.143. The van der Waals surface area contributed by atoms with Gasteiger partial charge in [-0.2, -0.15) is 0 Å². The van der Waals surface area contributed by atoms with Crippen LogP contribution in [0.4, 0.5) is 0 Å². The third-order valence-electron chi connectivity index (χ3n) is 8.84. The maximum atomic E-state index is 12.0. The lowest BCUT2D eigenvalue weighted by molar-refractivity contribution is -0.119. The average Bonchev–Trinajstić information content (AvgIpc) is 3.31. The summed E-state index contributed by atoms with van der Waals surface area (Å²) in [6.45, 7) is 4.42. The first-order chi connectivity index (χ1) is 22.0. The summed E-state index contributed by atoms with van der Waals surface area (Å²) in [6, 6.07) is 22.6. The first-order valence-corrected chi connectivity index (χ1v) is 17.2. The zero-order valence-electron chi connectivity index (χ0n) is 27.1. The lowest BCUT2D eigenvalue weighted by Crippen LogP contribution is -2.27. The molecule has 45 heavy (non-hydrogen) atoms. The zero-order chi connectivity index (χ0) is 31.9. The van der Waals surface area contributed by atoms with Crippen LogP contribution in [-0.2, 0) is 35.6 Å². The highest BCUT2D eigenvalue weighted by Crippen LogP contribution is 2.55. The molecule has 0 bridgehead atoms. The van der Waals surface area contributed by atoms with Crippen molar-refractivity contribution < 1.29 is 23.7 Å². The van der Waals surface area contributed by atoms with E-state index in [0.29, 0.717) is 64.8 Å². The van der Waals surface area contributed by atoms with Crippen molar-refractivity contribution >= 4 is 21.7 Å². The number of aryl methyl sites for hydroxylation is 1. The van der Waals surface area contributed by atoms with E-state index < -0.39 is 0 Å². The fourth-order valence-corrected chi connectivity index (χ4v) is 6.89. The Morgan fingerprint density at radius 2 is 1.27 bits per heavy atom. The fraction of sp³-hybridized carbons (Fsp3) is 0.500. The molecular formula is C38H50BrNO5. The van der Waals surface area contributed by atoms with Gasteiger partial charge in [-0.25, -0.2) is 0 Å². The molecule has 0 aromatic heterocycles. The molecule has 244 valence electrons. The molecule has 0 saturated carbocycles. The van der Waals surface area contributed by atoms with Crippen LogP contribution in [-0.4, -0.2) is 66.2 Å². The number of ether oxygens (including phenoxy) is 4. The maximum Gasteiger partial charge on any atom is 0.132 e. The van der Waals surface area contributed by atoms with Gasteiger partial charge in [-0.05, 0) is 109 Å². The predicted molar refractivity (Wildman–Crippen MR) is 186 cm³/mol. The molecule has 0 heterocycles. The van der Waals surface area contributed by atoms with Gasteiger partial charge in [0.2, 0.25) is 0 Å². The van der Waals surface area contributed by atoms with Crippen LogP contribution in [0.2, 0.25) is 0 Å². The van der Waals surface area contributed by atoms with E-state index in [1.165, 1.54) is 38.9 Å². The zero-order valence-corrected chi connectivity index (χ0v) is 28.7. The Balaban J connectivity index is 1.58. The molecule has 0 radical (unpaired) electrons. The minimum absolute atomic E-state index is 0.143. The number of carbonyl (C=O) groups excluding carboxylic acids is 1. The number of benzene rings is 3. The van der Waals surface area contributed by atoms with E-state index >= 15 is 0 Å². The molecule has 2 N–H and O–H groups in total. The third-order valence-corrected chi connectivity index (χ3v) is 9.33. The second kappa shape index (κ2) is 18.7. The summed E-state index contributed by atoms with van der Waals surface area (Å²) in [7, 11) is 3.41. The van der Waals surface area contributed by atoms with Crippen molar-refractivity contribution in [2.45, 2.75) is 63.2 Å². The molecule has 3 aromatic carbocycles. The van der Waals surface area contributed by atoms with Gasteiger partial charge in [0.15, 0.2) is 0 Å². The van der Waals surface area contributed by atoms with Crippen LogP contribution >= 0.6 is 15.9 Å². The molecule has 0 spiro atoms. The molecule has 0 aliphatic heterocycles. The minimum Gasteiger partial charge on any atom is -0.382 e. The van der Waals surface area contributed by atoms with Crippen LogP contribution in [0.3, 0.4) is 0 Å². The molecular weight excluding hydrogens is 630 g/mol. The van der Waals surface area contributed by atoms with Gasteiger partial charge >= 0.3 is 0 Å². The van der Waals surface area contributed by atoms with Crippen molar-refractivity contribution in [3.63, 3.8) is 0 Å². The summed E-state index contributed by atoms with van der Waals surface area (Å²) in [4.78, 5) is 12.0. The Bertz CT molecular complexity index is 1330. The topological polar surface area (TPSA) is 80.0 Å². The van der Waals surface area contributed by atoms with Crippen LogP contribution in [0.25, 0.3) is 22.3 Å². The molecule has 7 heteroatoms. The van der Waals surface area contributed by atoms with Crippen LogP contribution in [0.5, 0.6) is 0 Å². The predicted octanol–water partition coefficient (Wildman–Crippen LogP) is 7.90. The van der Waals surface area contributed by atoms with E-state index in [1.807, 2.05) is 0 Å². The highest BCUT2D eigenvalue weighted by atomic mass is 79.9. The van der Waals surface area contributed by atoms with Gasteiger partial charge in [0.05, 0.1) is 26.4 Å². The second-order valence-electron chi connectivity index (χ2n) is 11.9. The summed E-state index contributed by atoms with van der Waals surface area (Å²) < 4.78 is 23.3. The summed E-state index contributed by atoms with van der Waals surface area (Å²) in [5.41, 5.74) is 14.5. The first-order valence-electron chi connectivity index (χ1n) is 16.4. The van der Waals surface area contributed by atoms with E-state index in [1.54, 1.807) is 14.2 Å². The molecule has 4 rings (SSSR count). The Morgan fingerprint density at radius 3 is 1.89 bits per heavy atom. The Kier molecular flexibility index (Phi) is 14.7. The highest BCUT2D eigenvalue weighted by molar-refractivity contribution is 9.10. The number of ketones is 1. The summed E-state index contributed by atoms with van der Waals surface area (Å²) >= 11 is 3.78. The van der Waals surface area contributed by atoms with E-state index in [2.05, 4.69) is 76.6 Å². The Morgan fingerprint density at radius 1 is 0.689 bits per heavy atom. The van der Waals surface area contributed by atoms with Crippen molar-refractivity contribution in [3.05, 3.63) is 81.8 Å². The molecule has 0 fully saturated rings. The molecule has 1 aliphatic rings. The van der Waals surface area contributed by atoms with Crippen molar-refractivity contribution in [2.24, 2.45) is 5.73 Å². The van der Waals surface area contributed by atoms with E-state index in [9.17, 15) is 4.79 Å². The molecule has 3 aromatic rings. The number of fused-ring (bicyclic) bond motifs is 3. The van der Waals surface area contributed by atoms with Crippen LogP contribution in [0.1, 0.15) is 68.1 Å². The van der Waals surface area contributed by atoms with Gasteiger partial charge in [-0.15, -0.1) is 0 Å². The molecule has 0 unspecified atom stereocenters. The number of Topliss-reactive ketones (excluding diaryl/α,β-unsaturated/α-hetero) is 1. The Labute approximate surface area is 278 Å². The van der Waals surface area contributed by atoms with Crippen molar-refractivity contribution in [3.8, 4) is 22.3 Å². The number of halogens is 1. The first kappa shape index (κ1) is 35.5. The van der Waals surface area contributed by atoms with Crippen molar-refractivity contribution in [1.29, 1.82) is 0 Å². The molecule has 0 atom stereocenters. The molecule has 6 nitrogen and oxygen atoms in total.